The largest absolute Gasteiger partial charge is 0.503 e. The molecule has 1 aromatic heterocycles. The van der Waals surface area contributed by atoms with Crippen molar-refractivity contribution in [3.63, 3.8) is 0 Å². The lowest BCUT2D eigenvalue weighted by Crippen LogP contribution is -2.44. The fraction of sp³-hybridized carbons (Fsp3) is 0.316. The van der Waals surface area contributed by atoms with Crippen LogP contribution in [0.5, 0.6) is 5.75 Å². The summed E-state index contributed by atoms with van der Waals surface area (Å²) in [4.78, 5) is 38.6. The summed E-state index contributed by atoms with van der Waals surface area (Å²) < 4.78 is 46.9. The van der Waals surface area contributed by atoms with Crippen molar-refractivity contribution in [2.24, 2.45) is 0 Å². The zero-order chi connectivity index (χ0) is 22.2. The first kappa shape index (κ1) is 21.4. The molecule has 2 heterocycles. The number of carbonyl (C=O) groups excluding carboxylic acids is 2. The first-order valence-corrected chi connectivity index (χ1v) is 8.79. The van der Waals surface area contributed by atoms with Crippen molar-refractivity contribution in [2.45, 2.75) is 12.6 Å². The van der Waals surface area contributed by atoms with Crippen LogP contribution in [0.15, 0.2) is 23.1 Å². The lowest BCUT2D eigenvalue weighted by Gasteiger charge is -2.34. The number of benzene rings is 1. The Balaban J connectivity index is 1.96. The number of aromatic hydroxyl groups is 1. The molecule has 0 saturated heterocycles. The predicted molar refractivity (Wildman–Crippen MR) is 97.7 cm³/mol. The molecule has 1 atom stereocenters. The van der Waals surface area contributed by atoms with Gasteiger partial charge in [0.25, 0.3) is 11.8 Å². The van der Waals surface area contributed by atoms with Crippen LogP contribution in [0.3, 0.4) is 0 Å². The molecule has 1 aromatic carbocycles. The van der Waals surface area contributed by atoms with Gasteiger partial charge in [0.2, 0.25) is 5.43 Å². The molecule has 0 saturated carbocycles. The van der Waals surface area contributed by atoms with E-state index in [0.717, 1.165) is 6.20 Å². The number of halogens is 3. The molecule has 2 N–H and O–H groups in total. The number of nitrogens with zero attached hydrogens (tertiary/aromatic N) is 2. The second-order valence-corrected chi connectivity index (χ2v) is 6.80. The van der Waals surface area contributed by atoms with Gasteiger partial charge in [0.05, 0.1) is 12.6 Å². The minimum absolute atomic E-state index is 0.125. The Morgan fingerprint density at radius 1 is 1.27 bits per heavy atom. The molecular formula is C19H18F3N3O5. The lowest BCUT2D eigenvalue weighted by molar-refractivity contribution is 0.0631. The molecule has 11 heteroatoms. The van der Waals surface area contributed by atoms with Crippen molar-refractivity contribution in [3.05, 3.63) is 62.8 Å². The summed E-state index contributed by atoms with van der Waals surface area (Å²) in [6.45, 7) is -0.336. The number of likely N-dealkylation sites (N-methyl/N-ethyl adjacent to an activating group) is 1. The highest BCUT2D eigenvalue weighted by Gasteiger charge is 2.34. The second kappa shape index (κ2) is 8.19. The Labute approximate surface area is 168 Å². The van der Waals surface area contributed by atoms with E-state index in [4.69, 9.17) is 4.74 Å². The number of methoxy groups -OCH3 is 1. The van der Waals surface area contributed by atoms with Crippen LogP contribution in [0.2, 0.25) is 0 Å². The molecule has 0 spiro atoms. The van der Waals surface area contributed by atoms with E-state index in [0.29, 0.717) is 12.1 Å². The van der Waals surface area contributed by atoms with E-state index in [9.17, 15) is 32.7 Å². The first-order chi connectivity index (χ1) is 14.1. The molecule has 1 aliphatic rings. The quantitative estimate of drug-likeness (QED) is 0.749. The van der Waals surface area contributed by atoms with Gasteiger partial charge in [-0.3, -0.25) is 14.4 Å². The molecule has 1 aliphatic heterocycles. The summed E-state index contributed by atoms with van der Waals surface area (Å²) in [7, 11) is 2.92. The van der Waals surface area contributed by atoms with Crippen molar-refractivity contribution in [1.29, 1.82) is 0 Å². The minimum Gasteiger partial charge on any atom is -0.503 e. The Morgan fingerprint density at radius 3 is 2.50 bits per heavy atom. The maximum atomic E-state index is 13.8. The van der Waals surface area contributed by atoms with Crippen LogP contribution in [0, 0.1) is 17.5 Å². The van der Waals surface area contributed by atoms with Crippen LogP contribution < -0.4 is 10.7 Å². The molecule has 0 fully saturated rings. The van der Waals surface area contributed by atoms with Crippen molar-refractivity contribution >= 4 is 11.8 Å². The molecule has 0 bridgehead atoms. The number of amides is 2. The number of nitrogens with one attached hydrogen (secondary N) is 1. The molecular weight excluding hydrogens is 407 g/mol. The van der Waals surface area contributed by atoms with E-state index in [1.54, 1.807) is 0 Å². The maximum Gasteiger partial charge on any atom is 0.274 e. The van der Waals surface area contributed by atoms with Crippen molar-refractivity contribution in [1.82, 2.24) is 14.8 Å². The molecule has 0 radical (unpaired) electrons. The molecule has 0 aliphatic carbocycles. The standard InChI is InChI=1S/C19H18F3N3O5/c1-24-6-10(8-30-2)25-7-12(16(26)17(27)15(25)19(24)29)18(28)23-5-11-13(21)3-9(20)4-14(11)22/h3-4,7,10,27H,5-6,8H2,1-2H3,(H,23,28)/t10-/m0/s1. The molecule has 30 heavy (non-hydrogen) atoms. The highest BCUT2D eigenvalue weighted by Crippen LogP contribution is 2.26. The molecule has 8 nitrogen and oxygen atoms in total. The van der Waals surface area contributed by atoms with Gasteiger partial charge in [0.1, 0.15) is 23.0 Å². The lowest BCUT2D eigenvalue weighted by atomic mass is 10.1. The van der Waals surface area contributed by atoms with E-state index in [2.05, 4.69) is 5.32 Å². The van der Waals surface area contributed by atoms with Gasteiger partial charge in [-0.25, -0.2) is 13.2 Å². The zero-order valence-electron chi connectivity index (χ0n) is 16.0. The van der Waals surface area contributed by atoms with Gasteiger partial charge in [-0.2, -0.15) is 0 Å². The fourth-order valence-corrected chi connectivity index (χ4v) is 3.28. The van der Waals surface area contributed by atoms with Gasteiger partial charge < -0.3 is 24.6 Å². The van der Waals surface area contributed by atoms with Gasteiger partial charge in [-0.05, 0) is 0 Å². The van der Waals surface area contributed by atoms with E-state index >= 15 is 0 Å². The van der Waals surface area contributed by atoms with Crippen molar-refractivity contribution < 1.29 is 32.6 Å². The number of aromatic nitrogens is 1. The van der Waals surface area contributed by atoms with Crippen molar-refractivity contribution in [2.75, 3.05) is 27.3 Å². The zero-order valence-corrected chi connectivity index (χ0v) is 16.0. The highest BCUT2D eigenvalue weighted by atomic mass is 19.1. The summed E-state index contributed by atoms with van der Waals surface area (Å²) in [5, 5.41) is 12.5. The molecule has 0 unspecified atom stereocenters. The van der Waals surface area contributed by atoms with Crippen LogP contribution in [0.25, 0.3) is 0 Å². The fourth-order valence-electron chi connectivity index (χ4n) is 3.28. The Morgan fingerprint density at radius 2 is 1.90 bits per heavy atom. The number of carbonyl (C=O) groups is 2. The Hall–Kier alpha value is -3.34. The van der Waals surface area contributed by atoms with Crippen LogP contribution in [0.4, 0.5) is 13.2 Å². The third-order valence-corrected chi connectivity index (χ3v) is 4.77. The smallest absolute Gasteiger partial charge is 0.274 e. The van der Waals surface area contributed by atoms with Crippen LogP contribution >= 0.6 is 0 Å². The van der Waals surface area contributed by atoms with E-state index in [-0.39, 0.29) is 18.8 Å². The van der Waals surface area contributed by atoms with Gasteiger partial charge in [0, 0.05) is 51.1 Å². The average molecular weight is 425 g/mol. The van der Waals surface area contributed by atoms with Crippen LogP contribution in [0.1, 0.15) is 32.5 Å². The molecule has 3 rings (SSSR count). The molecule has 2 aromatic rings. The first-order valence-electron chi connectivity index (χ1n) is 8.79. The van der Waals surface area contributed by atoms with Crippen molar-refractivity contribution in [3.8, 4) is 5.75 Å². The Kier molecular flexibility index (Phi) is 5.83. The third kappa shape index (κ3) is 3.75. The number of hydrogen-bond donors (Lipinski definition) is 2. The maximum absolute atomic E-state index is 13.8. The second-order valence-electron chi connectivity index (χ2n) is 6.80. The van der Waals surface area contributed by atoms with Gasteiger partial charge in [-0.15, -0.1) is 0 Å². The number of ether oxygens (including phenoxy) is 1. The number of fused-ring (bicyclic) bond motifs is 1. The average Bonchev–Trinajstić information content (AvgIpc) is 2.67. The Bertz CT molecular complexity index is 1060. The summed E-state index contributed by atoms with van der Waals surface area (Å²) >= 11 is 0. The molecule has 2 amide bonds. The van der Waals surface area contributed by atoms with Crippen LogP contribution in [-0.2, 0) is 11.3 Å². The highest BCUT2D eigenvalue weighted by molar-refractivity contribution is 5.99. The summed E-state index contributed by atoms with van der Waals surface area (Å²) in [5.74, 6) is -6.08. The summed E-state index contributed by atoms with van der Waals surface area (Å²) in [6.07, 6.45) is 1.10. The van der Waals surface area contributed by atoms with Gasteiger partial charge in [0.15, 0.2) is 11.4 Å². The van der Waals surface area contributed by atoms with E-state index in [1.165, 1.54) is 23.6 Å². The summed E-state index contributed by atoms with van der Waals surface area (Å²) in [5.41, 5.74) is -2.53. The van der Waals surface area contributed by atoms with E-state index in [1.807, 2.05) is 0 Å². The predicted octanol–water partition coefficient (Wildman–Crippen LogP) is 1.17. The number of pyridine rings is 1. The minimum atomic E-state index is -1.20. The molecule has 160 valence electrons. The SMILES string of the molecule is COC[C@@H]1CN(C)C(=O)c2c(O)c(=O)c(C(=O)NCc3c(F)cc(F)cc3F)cn21. The number of rotatable bonds is 5. The monoisotopic (exact) mass is 425 g/mol. The third-order valence-electron chi connectivity index (χ3n) is 4.77. The normalized spacial score (nSPS) is 15.8. The summed E-state index contributed by atoms with van der Waals surface area (Å²) in [6, 6.07) is 0.432. The van der Waals surface area contributed by atoms with Gasteiger partial charge >= 0.3 is 0 Å². The van der Waals surface area contributed by atoms with E-state index < -0.39 is 64.2 Å². The van der Waals surface area contributed by atoms with Gasteiger partial charge in [-0.1, -0.05) is 0 Å². The number of hydrogen-bond acceptors (Lipinski definition) is 5. The van der Waals surface area contributed by atoms with Crippen LogP contribution in [-0.4, -0.2) is 53.7 Å². The topological polar surface area (TPSA) is 101 Å².